The number of carbonyl (C=O) groups is 3. The monoisotopic (exact) mass is 395 g/mol. The number of benzene rings is 2. The predicted octanol–water partition coefficient (Wildman–Crippen LogP) is 2.98. The molecule has 2 aromatic carbocycles. The Balaban J connectivity index is 2.10. The van der Waals surface area contributed by atoms with Crippen LogP contribution in [0, 0.1) is 0 Å². The van der Waals surface area contributed by atoms with Crippen LogP contribution in [0.15, 0.2) is 60.2 Å². The van der Waals surface area contributed by atoms with Crippen LogP contribution >= 0.6 is 0 Å². The molecule has 7 nitrogen and oxygen atoms in total. The third-order valence-corrected chi connectivity index (χ3v) is 4.66. The maximum absolute atomic E-state index is 12.7. The number of aliphatic hydroxyl groups is 1. The highest BCUT2D eigenvalue weighted by Gasteiger charge is 2.46. The van der Waals surface area contributed by atoms with Gasteiger partial charge in [-0.05, 0) is 24.6 Å². The molecule has 0 saturated carbocycles. The van der Waals surface area contributed by atoms with Crippen LogP contribution in [0.4, 0.5) is 0 Å². The fourth-order valence-corrected chi connectivity index (χ4v) is 3.34. The Morgan fingerprint density at radius 1 is 1.03 bits per heavy atom. The van der Waals surface area contributed by atoms with Crippen molar-refractivity contribution in [2.45, 2.75) is 19.4 Å². The van der Waals surface area contributed by atoms with Gasteiger partial charge in [0.1, 0.15) is 11.5 Å². The number of amides is 1. The van der Waals surface area contributed by atoms with Crippen LogP contribution in [0.5, 0.6) is 5.75 Å². The van der Waals surface area contributed by atoms with E-state index in [1.54, 1.807) is 54.6 Å². The topological polar surface area (TPSA) is 104 Å². The second-order valence-corrected chi connectivity index (χ2v) is 6.50. The summed E-state index contributed by atoms with van der Waals surface area (Å²) in [6.45, 7) is 2.20. The van der Waals surface area contributed by atoms with Crippen LogP contribution < -0.4 is 4.74 Å². The Kier molecular flexibility index (Phi) is 5.97. The molecule has 2 N–H and O–H groups in total. The zero-order chi connectivity index (χ0) is 21.0. The molecule has 0 aromatic heterocycles. The molecule has 150 valence electrons. The molecule has 1 fully saturated rings. The zero-order valence-corrected chi connectivity index (χ0v) is 15.9. The van der Waals surface area contributed by atoms with Gasteiger partial charge in [0.05, 0.1) is 24.6 Å². The van der Waals surface area contributed by atoms with Crippen molar-refractivity contribution >= 4 is 23.4 Å². The molecule has 3 rings (SSSR count). The molecule has 1 aliphatic rings. The first kappa shape index (κ1) is 20.1. The molecule has 1 atom stereocenters. The van der Waals surface area contributed by atoms with E-state index in [4.69, 9.17) is 9.84 Å². The van der Waals surface area contributed by atoms with Gasteiger partial charge in [0, 0.05) is 12.1 Å². The highest BCUT2D eigenvalue weighted by Crippen LogP contribution is 2.39. The second kappa shape index (κ2) is 8.60. The highest BCUT2D eigenvalue weighted by molar-refractivity contribution is 6.46. The number of aliphatic carboxylic acids is 1. The molecule has 7 heteroatoms. The molecule has 2 aromatic rings. The predicted molar refractivity (Wildman–Crippen MR) is 105 cm³/mol. The lowest BCUT2D eigenvalue weighted by Gasteiger charge is -2.25. The Bertz CT molecular complexity index is 949. The number of ketones is 1. The van der Waals surface area contributed by atoms with Gasteiger partial charge in [-0.15, -0.1) is 0 Å². The number of ether oxygens (including phenoxy) is 1. The first-order valence-corrected chi connectivity index (χ1v) is 9.22. The maximum atomic E-state index is 12.7. The number of rotatable bonds is 7. The van der Waals surface area contributed by atoms with Gasteiger partial charge in [0.25, 0.3) is 11.7 Å². The smallest absolute Gasteiger partial charge is 0.305 e. The number of carboxylic acids is 1. The maximum Gasteiger partial charge on any atom is 0.305 e. The van der Waals surface area contributed by atoms with Gasteiger partial charge in [-0.2, -0.15) is 0 Å². The average Bonchev–Trinajstić information content (AvgIpc) is 2.98. The molecular formula is C22H21NO6. The molecule has 29 heavy (non-hydrogen) atoms. The number of nitrogens with zero attached hydrogens (tertiary/aromatic N) is 1. The number of carbonyl (C=O) groups excluding carboxylic acids is 2. The summed E-state index contributed by atoms with van der Waals surface area (Å²) >= 11 is 0. The third kappa shape index (κ3) is 4.13. The number of aliphatic hydroxyl groups excluding tert-OH is 1. The molecule has 1 saturated heterocycles. The van der Waals surface area contributed by atoms with Crippen LogP contribution in [0.25, 0.3) is 5.76 Å². The largest absolute Gasteiger partial charge is 0.507 e. The van der Waals surface area contributed by atoms with Crippen molar-refractivity contribution in [3.05, 3.63) is 71.3 Å². The molecule has 0 spiro atoms. The summed E-state index contributed by atoms with van der Waals surface area (Å²) in [5.74, 6) is -2.42. The molecule has 1 heterocycles. The van der Waals surface area contributed by atoms with Crippen molar-refractivity contribution < 1.29 is 29.3 Å². The minimum Gasteiger partial charge on any atom is -0.507 e. The summed E-state index contributed by atoms with van der Waals surface area (Å²) < 4.78 is 5.43. The van der Waals surface area contributed by atoms with Crippen LogP contribution in [-0.2, 0) is 14.4 Å². The van der Waals surface area contributed by atoms with E-state index < -0.39 is 23.7 Å². The SMILES string of the molecule is CCOc1ccc([C@@H]2C(=C(O)c3ccccc3)C(=O)C(=O)N2CCC(=O)O)cc1. The van der Waals surface area contributed by atoms with Crippen molar-refractivity contribution in [3.63, 3.8) is 0 Å². The van der Waals surface area contributed by atoms with E-state index >= 15 is 0 Å². The summed E-state index contributed by atoms with van der Waals surface area (Å²) in [6.07, 6.45) is -0.314. The van der Waals surface area contributed by atoms with E-state index in [2.05, 4.69) is 0 Å². The summed E-state index contributed by atoms with van der Waals surface area (Å²) in [7, 11) is 0. The van der Waals surface area contributed by atoms with Crippen molar-refractivity contribution in [2.75, 3.05) is 13.2 Å². The third-order valence-electron chi connectivity index (χ3n) is 4.66. The summed E-state index contributed by atoms with van der Waals surface area (Å²) in [5, 5.41) is 19.8. The first-order valence-electron chi connectivity index (χ1n) is 9.22. The molecule has 0 unspecified atom stereocenters. The number of hydrogen-bond donors (Lipinski definition) is 2. The standard InChI is InChI=1S/C22H21NO6/c1-2-29-16-10-8-14(9-11-16)19-18(20(26)15-6-4-3-5-7-15)21(27)22(28)23(19)13-12-17(24)25/h3-11,19,26H,2,12-13H2,1H3,(H,24,25)/t19-/m1/s1. The van der Waals surface area contributed by atoms with Crippen molar-refractivity contribution in [1.82, 2.24) is 4.90 Å². The Morgan fingerprint density at radius 3 is 2.28 bits per heavy atom. The highest BCUT2D eigenvalue weighted by atomic mass is 16.5. The summed E-state index contributed by atoms with van der Waals surface area (Å²) in [5.41, 5.74) is 0.922. The number of carboxylic acid groups (broad SMARTS) is 1. The van der Waals surface area contributed by atoms with Crippen LogP contribution in [0.1, 0.15) is 30.5 Å². The van der Waals surface area contributed by atoms with Crippen molar-refractivity contribution in [1.29, 1.82) is 0 Å². The van der Waals surface area contributed by atoms with Crippen molar-refractivity contribution in [2.24, 2.45) is 0 Å². The molecule has 0 aliphatic carbocycles. The lowest BCUT2D eigenvalue weighted by Crippen LogP contribution is -2.31. The quantitative estimate of drug-likeness (QED) is 0.424. The Morgan fingerprint density at radius 2 is 1.69 bits per heavy atom. The van der Waals surface area contributed by atoms with E-state index in [1.165, 1.54) is 4.90 Å². The molecule has 1 aliphatic heterocycles. The minimum atomic E-state index is -1.08. The van der Waals surface area contributed by atoms with Crippen LogP contribution in [-0.4, -0.2) is 45.9 Å². The lowest BCUT2D eigenvalue weighted by molar-refractivity contribution is -0.142. The van der Waals surface area contributed by atoms with Gasteiger partial charge in [0.15, 0.2) is 0 Å². The van der Waals surface area contributed by atoms with Gasteiger partial charge in [-0.25, -0.2) is 0 Å². The number of likely N-dealkylation sites (tertiary alicyclic amines) is 1. The fraction of sp³-hybridized carbons (Fsp3) is 0.227. The van der Waals surface area contributed by atoms with Gasteiger partial charge in [0.2, 0.25) is 0 Å². The average molecular weight is 395 g/mol. The Hall–Kier alpha value is -3.61. The molecule has 0 bridgehead atoms. The Labute approximate surface area is 167 Å². The first-order chi connectivity index (χ1) is 13.9. The van der Waals surface area contributed by atoms with E-state index in [9.17, 15) is 19.5 Å². The van der Waals surface area contributed by atoms with Gasteiger partial charge in [-0.1, -0.05) is 42.5 Å². The van der Waals surface area contributed by atoms with Crippen LogP contribution in [0.2, 0.25) is 0 Å². The van der Waals surface area contributed by atoms with Gasteiger partial charge < -0.3 is 19.8 Å². The number of hydrogen-bond acceptors (Lipinski definition) is 5. The van der Waals surface area contributed by atoms with E-state index in [0.717, 1.165) is 0 Å². The fourth-order valence-electron chi connectivity index (χ4n) is 3.34. The normalized spacial score (nSPS) is 18.1. The summed E-state index contributed by atoms with van der Waals surface area (Å²) in [4.78, 5) is 37.6. The van der Waals surface area contributed by atoms with E-state index in [-0.39, 0.29) is 24.3 Å². The lowest BCUT2D eigenvalue weighted by atomic mass is 9.95. The van der Waals surface area contributed by atoms with E-state index in [0.29, 0.717) is 23.5 Å². The summed E-state index contributed by atoms with van der Waals surface area (Å²) in [6, 6.07) is 14.4. The molecule has 1 amide bonds. The van der Waals surface area contributed by atoms with Crippen LogP contribution in [0.3, 0.4) is 0 Å². The minimum absolute atomic E-state index is 0.0595. The van der Waals surface area contributed by atoms with Gasteiger partial charge in [-0.3, -0.25) is 14.4 Å². The van der Waals surface area contributed by atoms with E-state index in [1.807, 2.05) is 6.92 Å². The van der Waals surface area contributed by atoms with Crippen molar-refractivity contribution in [3.8, 4) is 5.75 Å². The van der Waals surface area contributed by atoms with Gasteiger partial charge >= 0.3 is 5.97 Å². The zero-order valence-electron chi connectivity index (χ0n) is 15.9. The molecular weight excluding hydrogens is 374 g/mol. The molecule has 0 radical (unpaired) electrons. The number of Topliss-reactive ketones (excluding diaryl/α,β-unsaturated/α-hetero) is 1. The second-order valence-electron chi connectivity index (χ2n) is 6.50.